The van der Waals surface area contributed by atoms with Crippen molar-refractivity contribution in [1.29, 1.82) is 0 Å². The molecule has 4 N–H and O–H groups in total. The summed E-state index contributed by atoms with van der Waals surface area (Å²) in [4.78, 5) is 7.12. The van der Waals surface area contributed by atoms with Crippen LogP contribution in [0.4, 0.5) is 0 Å². The van der Waals surface area contributed by atoms with Crippen LogP contribution in [-0.2, 0) is 10.0 Å². The summed E-state index contributed by atoms with van der Waals surface area (Å²) < 4.78 is 28.6. The van der Waals surface area contributed by atoms with Crippen LogP contribution >= 0.6 is 0 Å². The summed E-state index contributed by atoms with van der Waals surface area (Å²) in [5, 5.41) is 2.43. The van der Waals surface area contributed by atoms with Crippen LogP contribution in [0, 0.1) is 11.8 Å². The van der Waals surface area contributed by atoms with E-state index in [0.717, 1.165) is 43.7 Å². The number of hydrogen-bond acceptors (Lipinski definition) is 4. The fourth-order valence-corrected chi connectivity index (χ4v) is 9.07. The zero-order valence-electron chi connectivity index (χ0n) is 20.0. The lowest BCUT2D eigenvalue weighted by atomic mass is 9.75. The molecule has 1 saturated carbocycles. The van der Waals surface area contributed by atoms with E-state index in [-0.39, 0.29) is 5.25 Å². The van der Waals surface area contributed by atoms with Gasteiger partial charge in [-0.2, -0.15) is 0 Å². The quantitative estimate of drug-likeness (QED) is 0.458. The van der Waals surface area contributed by atoms with Crippen molar-refractivity contribution in [3.8, 4) is 0 Å². The number of piperidine rings is 4. The molecular weight excluding hydrogens is 422 g/mol. The molecule has 8 heteroatoms. The Hall–Kier alpha value is -0.250. The SMILES string of the molecule is O=S(=O)(NC[C@@H]1C[C@H]2CC[NH+]1C[C@@H]2CN1CCN(C2CCCC[NH2+]2)CC1)C1CCCCC1. The summed E-state index contributed by atoms with van der Waals surface area (Å²) in [5.74, 6) is 1.60. The van der Waals surface area contributed by atoms with Crippen LogP contribution in [0.1, 0.15) is 64.2 Å². The van der Waals surface area contributed by atoms with Gasteiger partial charge < -0.3 is 15.1 Å². The number of quaternary nitrogens is 2. The number of sulfonamides is 1. The highest BCUT2D eigenvalue weighted by atomic mass is 32.2. The molecular formula is C24H47N5O2S+2. The average Bonchev–Trinajstić information content (AvgIpc) is 2.85. The number of hydrogen-bond donors (Lipinski definition) is 3. The van der Waals surface area contributed by atoms with E-state index in [9.17, 15) is 8.42 Å². The summed E-state index contributed by atoms with van der Waals surface area (Å²) >= 11 is 0. The third-order valence-electron chi connectivity index (χ3n) is 9.48. The molecule has 5 atom stereocenters. The van der Waals surface area contributed by atoms with Crippen LogP contribution in [0.25, 0.3) is 0 Å². The van der Waals surface area contributed by atoms with Crippen molar-refractivity contribution in [3.05, 3.63) is 0 Å². The zero-order valence-corrected chi connectivity index (χ0v) is 20.8. The van der Waals surface area contributed by atoms with Gasteiger partial charge in [0.2, 0.25) is 10.0 Å². The molecule has 6 fully saturated rings. The Balaban J connectivity index is 1.06. The Bertz CT molecular complexity index is 699. The molecule has 6 rings (SSSR count). The molecule has 0 radical (unpaired) electrons. The molecule has 5 aliphatic heterocycles. The molecule has 2 bridgehead atoms. The lowest BCUT2D eigenvalue weighted by Gasteiger charge is -2.49. The third kappa shape index (κ3) is 5.52. The molecule has 184 valence electrons. The molecule has 0 amide bonds. The van der Waals surface area contributed by atoms with E-state index in [1.165, 1.54) is 90.9 Å². The molecule has 5 saturated heterocycles. The number of fused-ring (bicyclic) bond motifs is 3. The van der Waals surface area contributed by atoms with E-state index < -0.39 is 10.0 Å². The first-order chi connectivity index (χ1) is 15.6. The molecule has 7 nitrogen and oxygen atoms in total. The van der Waals surface area contributed by atoms with Crippen molar-refractivity contribution in [2.75, 3.05) is 58.9 Å². The van der Waals surface area contributed by atoms with Gasteiger partial charge in [0, 0.05) is 57.9 Å². The predicted octanol–water partition coefficient (Wildman–Crippen LogP) is -0.777. The molecule has 0 aromatic rings. The maximum absolute atomic E-state index is 12.8. The van der Waals surface area contributed by atoms with Gasteiger partial charge >= 0.3 is 0 Å². The summed E-state index contributed by atoms with van der Waals surface area (Å²) in [6.45, 7) is 10.7. The fraction of sp³-hybridized carbons (Fsp3) is 1.00. The molecule has 6 aliphatic rings. The second kappa shape index (κ2) is 10.6. The highest BCUT2D eigenvalue weighted by molar-refractivity contribution is 7.90. The topological polar surface area (TPSA) is 73.7 Å². The standard InChI is InChI=1S/C24H45N5O2S/c30-32(31,23-6-2-1-3-7-23)26-17-22-16-20-9-11-29(22)19-21(20)18-27-12-14-28(15-13-27)24-8-4-5-10-25-24/h20-26H,1-19H2/p+2/t20-,21+,22+,24?/m1/s1. The first kappa shape index (κ1) is 23.5. The predicted molar refractivity (Wildman–Crippen MR) is 127 cm³/mol. The summed E-state index contributed by atoms with van der Waals surface area (Å²) in [7, 11) is -3.13. The van der Waals surface area contributed by atoms with Gasteiger partial charge in [-0.15, -0.1) is 0 Å². The highest BCUT2D eigenvalue weighted by Crippen LogP contribution is 2.28. The second-order valence-electron chi connectivity index (χ2n) is 11.4. The second-order valence-corrected chi connectivity index (χ2v) is 13.5. The minimum Gasteiger partial charge on any atom is -0.331 e. The molecule has 1 aliphatic carbocycles. The minimum atomic E-state index is -3.13. The van der Waals surface area contributed by atoms with Crippen molar-refractivity contribution < 1.29 is 18.6 Å². The molecule has 2 unspecified atom stereocenters. The Labute approximate surface area is 195 Å². The van der Waals surface area contributed by atoms with Gasteiger partial charge in [0.25, 0.3) is 0 Å². The lowest BCUT2D eigenvalue weighted by molar-refractivity contribution is -0.945. The lowest BCUT2D eigenvalue weighted by Crippen LogP contribution is -3.20. The normalized spacial score (nSPS) is 38.2. The third-order valence-corrected chi connectivity index (χ3v) is 11.4. The van der Waals surface area contributed by atoms with Gasteiger partial charge in [-0.05, 0) is 31.6 Å². The van der Waals surface area contributed by atoms with Gasteiger partial charge in [0.1, 0.15) is 12.2 Å². The van der Waals surface area contributed by atoms with Crippen LogP contribution in [0.5, 0.6) is 0 Å². The number of rotatable bonds is 7. The van der Waals surface area contributed by atoms with E-state index in [4.69, 9.17) is 0 Å². The summed E-state index contributed by atoms with van der Waals surface area (Å²) in [6.07, 6.45) is 12.5. The minimum absolute atomic E-state index is 0.139. The molecule has 0 spiro atoms. The summed E-state index contributed by atoms with van der Waals surface area (Å²) in [5.41, 5.74) is 0. The smallest absolute Gasteiger partial charge is 0.214 e. The van der Waals surface area contributed by atoms with E-state index >= 15 is 0 Å². The maximum atomic E-state index is 12.8. The average molecular weight is 470 g/mol. The largest absolute Gasteiger partial charge is 0.331 e. The number of piperazine rings is 1. The molecule has 0 aromatic carbocycles. The monoisotopic (exact) mass is 469 g/mol. The fourth-order valence-electron chi connectivity index (χ4n) is 7.44. The summed E-state index contributed by atoms with van der Waals surface area (Å²) in [6, 6.07) is 0.488. The van der Waals surface area contributed by atoms with E-state index in [1.54, 1.807) is 4.90 Å². The van der Waals surface area contributed by atoms with Crippen LogP contribution in [-0.4, -0.2) is 94.6 Å². The number of nitrogens with one attached hydrogen (secondary N) is 2. The highest BCUT2D eigenvalue weighted by Gasteiger charge is 2.44. The van der Waals surface area contributed by atoms with Crippen molar-refractivity contribution in [2.24, 2.45) is 11.8 Å². The first-order valence-electron chi connectivity index (χ1n) is 13.7. The van der Waals surface area contributed by atoms with Crippen LogP contribution < -0.4 is 14.9 Å². The van der Waals surface area contributed by atoms with Crippen molar-refractivity contribution in [3.63, 3.8) is 0 Å². The van der Waals surface area contributed by atoms with Crippen LogP contribution in [0.15, 0.2) is 0 Å². The number of nitrogens with zero attached hydrogens (tertiary/aromatic N) is 2. The van der Waals surface area contributed by atoms with Gasteiger partial charge in [0.05, 0.1) is 31.4 Å². The van der Waals surface area contributed by atoms with E-state index in [2.05, 4.69) is 19.8 Å². The molecule has 0 aromatic heterocycles. The Morgan fingerprint density at radius 1 is 0.938 bits per heavy atom. The van der Waals surface area contributed by atoms with E-state index in [0.29, 0.717) is 12.6 Å². The van der Waals surface area contributed by atoms with Gasteiger partial charge in [-0.3, -0.25) is 4.90 Å². The van der Waals surface area contributed by atoms with E-state index in [1.807, 2.05) is 0 Å². The Morgan fingerprint density at radius 2 is 1.72 bits per heavy atom. The zero-order chi connectivity index (χ0) is 22.0. The molecule has 5 heterocycles. The van der Waals surface area contributed by atoms with Crippen molar-refractivity contribution in [2.45, 2.75) is 81.7 Å². The first-order valence-corrected chi connectivity index (χ1v) is 15.3. The van der Waals surface area contributed by atoms with Gasteiger partial charge in [-0.1, -0.05) is 19.3 Å². The van der Waals surface area contributed by atoms with Gasteiger partial charge in [-0.25, -0.2) is 13.1 Å². The Morgan fingerprint density at radius 3 is 2.41 bits per heavy atom. The van der Waals surface area contributed by atoms with Crippen molar-refractivity contribution in [1.82, 2.24) is 14.5 Å². The van der Waals surface area contributed by atoms with Crippen LogP contribution in [0.2, 0.25) is 0 Å². The van der Waals surface area contributed by atoms with Crippen molar-refractivity contribution >= 4 is 10.0 Å². The molecule has 32 heavy (non-hydrogen) atoms. The number of nitrogens with two attached hydrogens (primary N) is 1. The Kier molecular flexibility index (Phi) is 7.76. The maximum Gasteiger partial charge on any atom is 0.214 e. The van der Waals surface area contributed by atoms with Gasteiger partial charge in [0.15, 0.2) is 0 Å². The van der Waals surface area contributed by atoms with Crippen LogP contribution in [0.3, 0.4) is 0 Å².